The fourth-order valence-corrected chi connectivity index (χ4v) is 3.61. The minimum atomic E-state index is -0.227. The Balaban J connectivity index is 1.66. The normalized spacial score (nSPS) is 10.8. The third-order valence-electron chi connectivity index (χ3n) is 5.57. The zero-order valence-corrected chi connectivity index (χ0v) is 19.6. The van der Waals surface area contributed by atoms with Crippen LogP contribution >= 0.6 is 0 Å². The Morgan fingerprint density at radius 1 is 0.667 bits per heavy atom. The molecule has 0 atom stereocenters. The average molecular weight is 436 g/mol. The molecule has 4 aromatic rings. The maximum Gasteiger partial charge on any atom is 0.313 e. The van der Waals surface area contributed by atoms with Crippen LogP contribution in [0.3, 0.4) is 0 Å². The van der Waals surface area contributed by atoms with Gasteiger partial charge in [0.05, 0.1) is 5.92 Å². The van der Waals surface area contributed by atoms with E-state index in [4.69, 9.17) is 4.74 Å². The molecule has 3 heteroatoms. The third-order valence-corrected chi connectivity index (χ3v) is 5.57. The number of carbonyl (C=O) groups is 1. The average Bonchev–Trinajstić information content (AvgIpc) is 2.82. The highest BCUT2D eigenvalue weighted by Gasteiger charge is 2.13. The molecule has 0 spiro atoms. The van der Waals surface area contributed by atoms with E-state index in [0.717, 1.165) is 28.2 Å². The third kappa shape index (κ3) is 5.32. The molecule has 166 valence electrons. The molecule has 0 N–H and O–H groups in total. The van der Waals surface area contributed by atoms with Crippen LogP contribution in [0.15, 0.2) is 97.1 Å². The quantitative estimate of drug-likeness (QED) is 0.227. The van der Waals surface area contributed by atoms with Crippen molar-refractivity contribution < 1.29 is 9.53 Å². The van der Waals surface area contributed by atoms with E-state index in [1.54, 1.807) is 0 Å². The Morgan fingerprint density at radius 3 is 1.64 bits per heavy atom. The molecule has 33 heavy (non-hydrogen) atoms. The van der Waals surface area contributed by atoms with Crippen molar-refractivity contribution in [2.75, 3.05) is 4.90 Å². The van der Waals surface area contributed by atoms with Gasteiger partial charge in [-0.2, -0.15) is 0 Å². The first-order chi connectivity index (χ1) is 15.9. The molecule has 3 nitrogen and oxygen atoms in total. The number of benzene rings is 4. The van der Waals surface area contributed by atoms with Crippen LogP contribution in [0.5, 0.6) is 5.75 Å². The lowest BCUT2D eigenvalue weighted by molar-refractivity contribution is -0.137. The van der Waals surface area contributed by atoms with E-state index in [-0.39, 0.29) is 11.9 Å². The lowest BCUT2D eigenvalue weighted by Crippen LogP contribution is -2.14. The molecule has 0 heterocycles. The van der Waals surface area contributed by atoms with Gasteiger partial charge in [-0.05, 0) is 73.5 Å². The highest BCUT2D eigenvalue weighted by Crippen LogP contribution is 2.36. The minimum absolute atomic E-state index is 0.164. The number of anilines is 3. The fraction of sp³-hybridized carbons (Fsp3) is 0.167. The van der Waals surface area contributed by atoms with E-state index in [1.807, 2.05) is 38.1 Å². The second-order valence-electron chi connectivity index (χ2n) is 8.66. The molecule has 0 aliphatic rings. The van der Waals surface area contributed by atoms with Gasteiger partial charge in [0, 0.05) is 17.1 Å². The first-order valence-corrected chi connectivity index (χ1v) is 11.3. The molecule has 0 unspecified atom stereocenters. The molecule has 4 rings (SSSR count). The molecule has 0 bridgehead atoms. The molecule has 4 aromatic carbocycles. The summed E-state index contributed by atoms with van der Waals surface area (Å²) in [5.74, 6) is 0.174. The van der Waals surface area contributed by atoms with Gasteiger partial charge in [0.1, 0.15) is 5.75 Å². The number of aryl methyl sites for hydroxylation is 2. The molecule has 0 amide bonds. The van der Waals surface area contributed by atoms with Crippen LogP contribution in [0, 0.1) is 19.8 Å². The summed E-state index contributed by atoms with van der Waals surface area (Å²) in [4.78, 5) is 14.2. The van der Waals surface area contributed by atoms with Gasteiger partial charge in [0.15, 0.2) is 0 Å². The molecule has 0 aliphatic heterocycles. The van der Waals surface area contributed by atoms with Crippen LogP contribution in [0.2, 0.25) is 0 Å². The molecule has 0 saturated heterocycles. The maximum absolute atomic E-state index is 12.0. The second kappa shape index (κ2) is 9.74. The number of hydrogen-bond acceptors (Lipinski definition) is 3. The molecule has 0 fully saturated rings. The Bertz CT molecular complexity index is 1180. The second-order valence-corrected chi connectivity index (χ2v) is 8.66. The van der Waals surface area contributed by atoms with Gasteiger partial charge in [-0.3, -0.25) is 4.79 Å². The summed E-state index contributed by atoms with van der Waals surface area (Å²) in [6.45, 7) is 7.86. The Hall–Kier alpha value is -3.85. The van der Waals surface area contributed by atoms with Gasteiger partial charge in [-0.15, -0.1) is 0 Å². The summed E-state index contributed by atoms with van der Waals surface area (Å²) < 4.78 is 5.49. The molecule has 0 radical (unpaired) electrons. The molecule has 0 saturated carbocycles. The van der Waals surface area contributed by atoms with E-state index in [2.05, 4.69) is 91.5 Å². The Labute approximate surface area is 196 Å². The van der Waals surface area contributed by atoms with Gasteiger partial charge < -0.3 is 9.64 Å². The molecule has 0 aliphatic carbocycles. The van der Waals surface area contributed by atoms with Gasteiger partial charge in [0.25, 0.3) is 0 Å². The van der Waals surface area contributed by atoms with Gasteiger partial charge in [-0.25, -0.2) is 0 Å². The standard InChI is InChI=1S/C30H29NO2/c1-21(2)30(32)33-29-7-5-6-25(20-29)24-12-18-28(19-13-24)31(26-14-8-22(3)9-15-26)27-16-10-23(4)11-17-27/h5-21H,1-4H3. The smallest absolute Gasteiger partial charge is 0.313 e. The Kier molecular flexibility index (Phi) is 6.60. The van der Waals surface area contributed by atoms with Crippen molar-refractivity contribution >= 4 is 23.0 Å². The van der Waals surface area contributed by atoms with Crippen LogP contribution in [-0.2, 0) is 4.79 Å². The van der Waals surface area contributed by atoms with Crippen molar-refractivity contribution in [1.82, 2.24) is 0 Å². The van der Waals surface area contributed by atoms with Crippen LogP contribution in [0.25, 0.3) is 11.1 Å². The molecule has 0 aromatic heterocycles. The van der Waals surface area contributed by atoms with Gasteiger partial charge in [0.2, 0.25) is 0 Å². The molecular weight excluding hydrogens is 406 g/mol. The van der Waals surface area contributed by atoms with E-state index in [1.165, 1.54) is 11.1 Å². The first-order valence-electron chi connectivity index (χ1n) is 11.3. The highest BCUT2D eigenvalue weighted by molar-refractivity contribution is 5.79. The summed E-state index contributed by atoms with van der Waals surface area (Å²) in [6.07, 6.45) is 0. The SMILES string of the molecule is Cc1ccc(N(c2ccc(C)cc2)c2ccc(-c3cccc(OC(=O)C(C)C)c3)cc2)cc1. The number of nitrogens with zero attached hydrogens (tertiary/aromatic N) is 1. The predicted molar refractivity (Wildman–Crippen MR) is 137 cm³/mol. The number of esters is 1. The van der Waals surface area contributed by atoms with Crippen LogP contribution in [-0.4, -0.2) is 5.97 Å². The van der Waals surface area contributed by atoms with E-state index < -0.39 is 0 Å². The topological polar surface area (TPSA) is 29.5 Å². The van der Waals surface area contributed by atoms with Crippen molar-refractivity contribution in [3.05, 3.63) is 108 Å². The van der Waals surface area contributed by atoms with Crippen molar-refractivity contribution in [1.29, 1.82) is 0 Å². The monoisotopic (exact) mass is 435 g/mol. The number of hydrogen-bond donors (Lipinski definition) is 0. The zero-order valence-electron chi connectivity index (χ0n) is 19.6. The summed E-state index contributed by atoms with van der Waals surface area (Å²) in [5, 5.41) is 0. The van der Waals surface area contributed by atoms with Crippen LogP contribution in [0.1, 0.15) is 25.0 Å². The van der Waals surface area contributed by atoms with Crippen LogP contribution < -0.4 is 9.64 Å². The van der Waals surface area contributed by atoms with Gasteiger partial charge >= 0.3 is 5.97 Å². The summed E-state index contributed by atoms with van der Waals surface area (Å²) in [6, 6.07) is 33.3. The number of rotatable bonds is 6. The first kappa shape index (κ1) is 22.3. The lowest BCUT2D eigenvalue weighted by atomic mass is 10.0. The van der Waals surface area contributed by atoms with E-state index >= 15 is 0 Å². The zero-order chi connectivity index (χ0) is 23.4. The van der Waals surface area contributed by atoms with E-state index in [0.29, 0.717) is 5.75 Å². The summed E-state index contributed by atoms with van der Waals surface area (Å²) in [7, 11) is 0. The van der Waals surface area contributed by atoms with Gasteiger partial charge in [-0.1, -0.05) is 73.5 Å². The highest BCUT2D eigenvalue weighted by atomic mass is 16.5. The van der Waals surface area contributed by atoms with E-state index in [9.17, 15) is 4.79 Å². The van der Waals surface area contributed by atoms with Crippen molar-refractivity contribution in [3.8, 4) is 16.9 Å². The minimum Gasteiger partial charge on any atom is -0.426 e. The number of carbonyl (C=O) groups excluding carboxylic acids is 1. The maximum atomic E-state index is 12.0. The lowest BCUT2D eigenvalue weighted by Gasteiger charge is -2.26. The van der Waals surface area contributed by atoms with Crippen LogP contribution in [0.4, 0.5) is 17.1 Å². The van der Waals surface area contributed by atoms with Crippen molar-refractivity contribution in [2.24, 2.45) is 5.92 Å². The van der Waals surface area contributed by atoms with Crippen molar-refractivity contribution in [3.63, 3.8) is 0 Å². The molecular formula is C30H29NO2. The largest absolute Gasteiger partial charge is 0.426 e. The predicted octanol–water partition coefficient (Wildman–Crippen LogP) is 8.00. The number of ether oxygens (including phenoxy) is 1. The summed E-state index contributed by atoms with van der Waals surface area (Å²) in [5.41, 5.74) is 7.84. The Morgan fingerprint density at radius 2 is 1.15 bits per heavy atom. The fourth-order valence-electron chi connectivity index (χ4n) is 3.61. The summed E-state index contributed by atoms with van der Waals surface area (Å²) >= 11 is 0. The van der Waals surface area contributed by atoms with Crippen molar-refractivity contribution in [2.45, 2.75) is 27.7 Å².